The summed E-state index contributed by atoms with van der Waals surface area (Å²) in [5, 5.41) is 3.07. The lowest BCUT2D eigenvalue weighted by Gasteiger charge is -2.44. The zero-order valence-corrected chi connectivity index (χ0v) is 20.2. The number of methoxy groups -OCH3 is 1. The van der Waals surface area contributed by atoms with Gasteiger partial charge in [-0.05, 0) is 48.2 Å². The van der Waals surface area contributed by atoms with Crippen LogP contribution in [0.3, 0.4) is 0 Å². The first kappa shape index (κ1) is 25.7. The van der Waals surface area contributed by atoms with E-state index in [4.69, 9.17) is 9.47 Å². The van der Waals surface area contributed by atoms with Gasteiger partial charge in [0.25, 0.3) is 0 Å². The summed E-state index contributed by atoms with van der Waals surface area (Å²) in [6, 6.07) is 10.7. The number of benzene rings is 2. The molecule has 2 amide bonds. The van der Waals surface area contributed by atoms with Crippen molar-refractivity contribution in [3.8, 4) is 0 Å². The number of nitrogens with zero attached hydrogens (tertiary/aromatic N) is 1. The fraction of sp³-hybridized carbons (Fsp3) is 0.357. The first-order valence-electron chi connectivity index (χ1n) is 11.9. The van der Waals surface area contributed by atoms with E-state index in [1.54, 1.807) is 11.0 Å². The van der Waals surface area contributed by atoms with Gasteiger partial charge in [-0.3, -0.25) is 9.59 Å². The van der Waals surface area contributed by atoms with Crippen molar-refractivity contribution in [1.82, 2.24) is 10.2 Å². The zero-order valence-electron chi connectivity index (χ0n) is 20.2. The molecule has 8 heteroatoms. The monoisotopic (exact) mass is 496 g/mol. The Morgan fingerprint density at radius 3 is 2.67 bits per heavy atom. The number of likely N-dealkylation sites (tertiary alicyclic amines) is 1. The molecule has 1 spiro atoms. The molecule has 6 nitrogen and oxygen atoms in total. The van der Waals surface area contributed by atoms with Crippen LogP contribution in [0.2, 0.25) is 0 Å². The Morgan fingerprint density at radius 2 is 1.94 bits per heavy atom. The number of nitrogens with one attached hydrogen (secondary N) is 1. The Labute approximate surface area is 209 Å². The van der Waals surface area contributed by atoms with E-state index in [2.05, 4.69) is 18.0 Å². The number of halogens is 2. The molecule has 1 N–H and O–H groups in total. The lowest BCUT2D eigenvalue weighted by Crippen LogP contribution is -2.52. The SMILES string of the molecule is C=CCO[C@H]1[C@H](NC(=O)COC)c2ccccc2C12CCN(C(=O)C=Cc1cc(F)ccc1F)CC2. The number of amides is 2. The molecule has 190 valence electrons. The second kappa shape index (κ2) is 11.1. The van der Waals surface area contributed by atoms with E-state index in [0.29, 0.717) is 32.5 Å². The molecule has 0 bridgehead atoms. The van der Waals surface area contributed by atoms with E-state index in [1.807, 2.05) is 18.2 Å². The summed E-state index contributed by atoms with van der Waals surface area (Å²) in [4.78, 5) is 27.0. The summed E-state index contributed by atoms with van der Waals surface area (Å²) >= 11 is 0. The van der Waals surface area contributed by atoms with Crippen LogP contribution in [0.1, 0.15) is 35.6 Å². The smallest absolute Gasteiger partial charge is 0.246 e. The van der Waals surface area contributed by atoms with Crippen LogP contribution in [-0.4, -0.2) is 56.2 Å². The van der Waals surface area contributed by atoms with Gasteiger partial charge >= 0.3 is 0 Å². The van der Waals surface area contributed by atoms with E-state index >= 15 is 0 Å². The van der Waals surface area contributed by atoms with Gasteiger partial charge < -0.3 is 19.7 Å². The summed E-state index contributed by atoms with van der Waals surface area (Å²) in [6.07, 6.45) is 5.15. The topological polar surface area (TPSA) is 67.9 Å². The second-order valence-electron chi connectivity index (χ2n) is 9.09. The molecular weight excluding hydrogens is 466 g/mol. The number of hydrogen-bond donors (Lipinski definition) is 1. The molecule has 2 aromatic rings. The maximum atomic E-state index is 13.9. The molecule has 1 aliphatic heterocycles. The number of piperidine rings is 1. The van der Waals surface area contributed by atoms with Crippen LogP contribution >= 0.6 is 0 Å². The summed E-state index contributed by atoms with van der Waals surface area (Å²) in [6.45, 7) is 4.94. The van der Waals surface area contributed by atoms with Gasteiger partial charge in [-0.2, -0.15) is 0 Å². The van der Waals surface area contributed by atoms with Crippen molar-refractivity contribution >= 4 is 17.9 Å². The molecule has 0 unspecified atom stereocenters. The minimum atomic E-state index is -0.593. The van der Waals surface area contributed by atoms with Crippen molar-refractivity contribution in [3.63, 3.8) is 0 Å². The molecule has 1 heterocycles. The van der Waals surface area contributed by atoms with Crippen LogP contribution in [-0.2, 0) is 24.5 Å². The van der Waals surface area contributed by atoms with Crippen LogP contribution in [0, 0.1) is 11.6 Å². The molecular formula is C28H30F2N2O4. The fourth-order valence-corrected chi connectivity index (χ4v) is 5.37. The van der Waals surface area contributed by atoms with Gasteiger partial charge in [0.2, 0.25) is 11.8 Å². The summed E-state index contributed by atoms with van der Waals surface area (Å²) < 4.78 is 38.6. The van der Waals surface area contributed by atoms with Crippen LogP contribution in [0.4, 0.5) is 8.78 Å². The average molecular weight is 497 g/mol. The number of fused-ring (bicyclic) bond motifs is 2. The number of carbonyl (C=O) groups excluding carboxylic acids is 2. The number of hydrogen-bond acceptors (Lipinski definition) is 4. The van der Waals surface area contributed by atoms with Crippen molar-refractivity contribution in [2.45, 2.75) is 30.4 Å². The van der Waals surface area contributed by atoms with Crippen LogP contribution in [0.5, 0.6) is 0 Å². The molecule has 1 fully saturated rings. The van der Waals surface area contributed by atoms with E-state index in [-0.39, 0.29) is 36.1 Å². The molecule has 2 atom stereocenters. The van der Waals surface area contributed by atoms with Crippen molar-refractivity contribution in [2.24, 2.45) is 0 Å². The van der Waals surface area contributed by atoms with E-state index in [9.17, 15) is 18.4 Å². The minimum Gasteiger partial charge on any atom is -0.375 e. The summed E-state index contributed by atoms with van der Waals surface area (Å²) in [7, 11) is 1.47. The van der Waals surface area contributed by atoms with Gasteiger partial charge in [0.15, 0.2) is 0 Å². The normalized spacial score (nSPS) is 20.5. The predicted octanol–water partition coefficient (Wildman–Crippen LogP) is 3.93. The highest BCUT2D eigenvalue weighted by Crippen LogP contribution is 2.52. The second-order valence-corrected chi connectivity index (χ2v) is 9.09. The van der Waals surface area contributed by atoms with Gasteiger partial charge in [0.1, 0.15) is 18.2 Å². The molecule has 4 rings (SSSR count). The molecule has 1 aliphatic carbocycles. The first-order valence-corrected chi connectivity index (χ1v) is 11.9. The van der Waals surface area contributed by atoms with Gasteiger partial charge in [0.05, 0.1) is 18.8 Å². The van der Waals surface area contributed by atoms with Crippen molar-refractivity contribution in [3.05, 3.63) is 89.5 Å². The third-order valence-electron chi connectivity index (χ3n) is 7.00. The van der Waals surface area contributed by atoms with E-state index in [0.717, 1.165) is 29.3 Å². The maximum absolute atomic E-state index is 13.9. The van der Waals surface area contributed by atoms with Gasteiger partial charge in [-0.15, -0.1) is 6.58 Å². The van der Waals surface area contributed by atoms with Crippen molar-refractivity contribution in [1.29, 1.82) is 0 Å². The molecule has 0 radical (unpaired) electrons. The number of carbonyl (C=O) groups is 2. The Balaban J connectivity index is 1.55. The van der Waals surface area contributed by atoms with Crippen molar-refractivity contribution in [2.75, 3.05) is 33.4 Å². The lowest BCUT2D eigenvalue weighted by atomic mass is 9.71. The quantitative estimate of drug-likeness (QED) is 0.444. The highest BCUT2D eigenvalue weighted by Gasteiger charge is 2.54. The Kier molecular flexibility index (Phi) is 7.96. The van der Waals surface area contributed by atoms with Crippen molar-refractivity contribution < 1.29 is 27.8 Å². The highest BCUT2D eigenvalue weighted by atomic mass is 19.1. The Bertz CT molecular complexity index is 1160. The predicted molar refractivity (Wildman–Crippen MR) is 132 cm³/mol. The lowest BCUT2D eigenvalue weighted by molar-refractivity contribution is -0.129. The number of ether oxygens (including phenoxy) is 2. The van der Waals surface area contributed by atoms with E-state index < -0.39 is 17.0 Å². The maximum Gasteiger partial charge on any atom is 0.246 e. The highest BCUT2D eigenvalue weighted by molar-refractivity contribution is 5.92. The third-order valence-corrected chi connectivity index (χ3v) is 7.00. The van der Waals surface area contributed by atoms with E-state index in [1.165, 1.54) is 19.3 Å². The van der Waals surface area contributed by atoms with Crippen LogP contribution in [0.15, 0.2) is 61.2 Å². The van der Waals surface area contributed by atoms with Gasteiger partial charge in [-0.25, -0.2) is 8.78 Å². The zero-order chi connectivity index (χ0) is 25.7. The third kappa shape index (κ3) is 5.10. The largest absolute Gasteiger partial charge is 0.375 e. The first-order chi connectivity index (χ1) is 17.4. The van der Waals surface area contributed by atoms with Crippen LogP contribution in [0.25, 0.3) is 6.08 Å². The van der Waals surface area contributed by atoms with Crippen LogP contribution < -0.4 is 5.32 Å². The molecule has 36 heavy (non-hydrogen) atoms. The minimum absolute atomic E-state index is 0.0223. The Morgan fingerprint density at radius 1 is 1.19 bits per heavy atom. The number of rotatable bonds is 8. The fourth-order valence-electron chi connectivity index (χ4n) is 5.37. The molecule has 0 aromatic heterocycles. The van der Waals surface area contributed by atoms with Gasteiger partial charge in [-0.1, -0.05) is 30.3 Å². The average Bonchev–Trinajstić information content (AvgIpc) is 3.12. The summed E-state index contributed by atoms with van der Waals surface area (Å²) in [5.41, 5.74) is 1.72. The molecule has 0 saturated carbocycles. The molecule has 2 aliphatic rings. The van der Waals surface area contributed by atoms with Gasteiger partial charge in [0, 0.05) is 37.3 Å². The standard InChI is InChI=1S/C28H30F2N2O4/c1-3-16-36-27-26(31-24(33)18-35-2)21-6-4-5-7-22(21)28(27)12-14-32(15-13-28)25(34)11-8-19-17-20(29)9-10-23(19)30/h3-11,17,26-27H,1,12-16,18H2,2H3,(H,31,33)/t26-,27+/m1/s1. The molecule has 2 aromatic carbocycles. The Hall–Kier alpha value is -3.36. The molecule has 1 saturated heterocycles. The summed E-state index contributed by atoms with van der Waals surface area (Å²) in [5.74, 6) is -1.66.